The fourth-order valence-corrected chi connectivity index (χ4v) is 4.26. The van der Waals surface area contributed by atoms with E-state index in [1.165, 1.54) is 17.4 Å². The van der Waals surface area contributed by atoms with Crippen LogP contribution < -0.4 is 29.0 Å². The van der Waals surface area contributed by atoms with Crippen molar-refractivity contribution in [1.29, 1.82) is 0 Å². The van der Waals surface area contributed by atoms with Gasteiger partial charge in [-0.3, -0.25) is 9.59 Å². The maximum absolute atomic E-state index is 12.6. The first-order valence-electron chi connectivity index (χ1n) is 11.1. The van der Waals surface area contributed by atoms with E-state index in [2.05, 4.69) is 4.98 Å². The van der Waals surface area contributed by atoms with Gasteiger partial charge in [0.15, 0.2) is 17.3 Å². The van der Waals surface area contributed by atoms with Gasteiger partial charge < -0.3 is 19.2 Å². The lowest BCUT2D eigenvalue weighted by Crippen LogP contribution is -2.20. The molecule has 1 N–H and O–H groups in total. The first kappa shape index (κ1) is 24.0. The quantitative estimate of drug-likeness (QED) is 0.362. The Hall–Kier alpha value is -4.10. The lowest BCUT2D eigenvalue weighted by Gasteiger charge is -2.12. The molecule has 4 aromatic rings. The zero-order chi connectivity index (χ0) is 24.6. The largest absolute Gasteiger partial charge is 0.497 e. The highest BCUT2D eigenvalue weighted by atomic mass is 32.1. The zero-order valence-electron chi connectivity index (χ0n) is 19.4. The van der Waals surface area contributed by atoms with Crippen molar-refractivity contribution in [3.05, 3.63) is 109 Å². The van der Waals surface area contributed by atoms with E-state index < -0.39 is 0 Å². The fourth-order valence-electron chi connectivity index (χ4n) is 3.37. The summed E-state index contributed by atoms with van der Waals surface area (Å²) in [5, 5.41) is 0. The van der Waals surface area contributed by atoms with Gasteiger partial charge in [-0.15, -0.1) is 11.3 Å². The van der Waals surface area contributed by atoms with Crippen molar-refractivity contribution in [2.24, 2.45) is 0 Å². The van der Waals surface area contributed by atoms with Gasteiger partial charge in [-0.1, -0.05) is 36.4 Å². The molecule has 1 heterocycles. The molecule has 3 aromatic carbocycles. The third-order valence-electron chi connectivity index (χ3n) is 5.12. The molecule has 0 aliphatic heterocycles. The number of ketones is 1. The highest BCUT2D eigenvalue weighted by Crippen LogP contribution is 2.29. The predicted octanol–water partition coefficient (Wildman–Crippen LogP) is 3.91. The van der Waals surface area contributed by atoms with Crippen LogP contribution in [-0.4, -0.2) is 24.5 Å². The molecule has 0 aliphatic rings. The maximum atomic E-state index is 12.6. The molecule has 0 amide bonds. The Morgan fingerprint density at radius 1 is 0.971 bits per heavy atom. The molecule has 0 radical (unpaired) electrons. The Balaban J connectivity index is 1.57. The number of aromatic amines is 1. The van der Waals surface area contributed by atoms with E-state index in [-0.39, 0.29) is 11.3 Å². The van der Waals surface area contributed by atoms with Crippen molar-refractivity contribution in [2.75, 3.05) is 13.7 Å². The standard InChI is InChI=1S/C28H25NO5S/c1-3-33-25-15-20(9-14-24(25)34-18-19-7-5-4-6-8-19)16-26-28(31)29-27(35-26)17-23(30)21-10-12-22(32-2)13-11-21/h4-17H,3,18H2,1-2H3,(H,29,31)/b26-16-,27-17-. The molecule has 178 valence electrons. The molecule has 0 unspecified atom stereocenters. The van der Waals surface area contributed by atoms with Gasteiger partial charge in [-0.2, -0.15) is 0 Å². The van der Waals surface area contributed by atoms with Crippen LogP contribution in [0.15, 0.2) is 77.6 Å². The molecule has 0 saturated carbocycles. The minimum Gasteiger partial charge on any atom is -0.497 e. The number of thiazole rings is 1. The number of carbonyl (C=O) groups is 1. The molecule has 0 saturated heterocycles. The van der Waals surface area contributed by atoms with Gasteiger partial charge in [0, 0.05) is 11.6 Å². The van der Waals surface area contributed by atoms with Gasteiger partial charge in [-0.05, 0) is 60.5 Å². The van der Waals surface area contributed by atoms with Crippen LogP contribution in [-0.2, 0) is 6.61 Å². The summed E-state index contributed by atoms with van der Waals surface area (Å²) in [6, 6.07) is 22.3. The molecule has 0 spiro atoms. The number of methoxy groups -OCH3 is 1. The van der Waals surface area contributed by atoms with E-state index in [4.69, 9.17) is 14.2 Å². The van der Waals surface area contributed by atoms with Crippen molar-refractivity contribution in [2.45, 2.75) is 13.5 Å². The van der Waals surface area contributed by atoms with Crippen LogP contribution in [0.25, 0.3) is 12.2 Å². The summed E-state index contributed by atoms with van der Waals surface area (Å²) < 4.78 is 17.8. The first-order valence-corrected chi connectivity index (χ1v) is 11.9. The second kappa shape index (κ2) is 11.4. The molecular formula is C28H25NO5S. The maximum Gasteiger partial charge on any atom is 0.266 e. The molecule has 6 nitrogen and oxygen atoms in total. The number of ether oxygens (including phenoxy) is 3. The summed E-state index contributed by atoms with van der Waals surface area (Å²) in [5.74, 6) is 1.71. The summed E-state index contributed by atoms with van der Waals surface area (Å²) in [7, 11) is 1.57. The Morgan fingerprint density at radius 2 is 1.74 bits per heavy atom. The minimum absolute atomic E-state index is 0.199. The van der Waals surface area contributed by atoms with Gasteiger partial charge in [0.25, 0.3) is 5.56 Å². The van der Waals surface area contributed by atoms with Gasteiger partial charge >= 0.3 is 0 Å². The Morgan fingerprint density at radius 3 is 2.46 bits per heavy atom. The molecule has 4 rings (SSSR count). The molecular weight excluding hydrogens is 462 g/mol. The predicted molar refractivity (Wildman–Crippen MR) is 138 cm³/mol. The Bertz CT molecular complexity index is 1470. The molecule has 35 heavy (non-hydrogen) atoms. The van der Waals surface area contributed by atoms with E-state index in [0.717, 1.165) is 11.1 Å². The van der Waals surface area contributed by atoms with Crippen LogP contribution in [0.2, 0.25) is 0 Å². The van der Waals surface area contributed by atoms with E-state index in [0.29, 0.717) is 45.2 Å². The number of aromatic nitrogens is 1. The van der Waals surface area contributed by atoms with Crippen LogP contribution in [0.1, 0.15) is 28.4 Å². The third kappa shape index (κ3) is 6.28. The number of carbonyl (C=O) groups excluding carboxylic acids is 1. The van der Waals surface area contributed by atoms with Crippen molar-refractivity contribution in [3.8, 4) is 17.2 Å². The lowest BCUT2D eigenvalue weighted by atomic mass is 10.1. The normalized spacial score (nSPS) is 11.9. The summed E-state index contributed by atoms with van der Waals surface area (Å²) >= 11 is 1.22. The molecule has 0 aliphatic carbocycles. The average molecular weight is 488 g/mol. The van der Waals surface area contributed by atoms with E-state index in [9.17, 15) is 9.59 Å². The van der Waals surface area contributed by atoms with Crippen LogP contribution in [0.4, 0.5) is 0 Å². The SMILES string of the molecule is CCOc1cc(/C=c2\s/c(=C\C(=O)c3ccc(OC)cc3)[nH]c2=O)ccc1OCc1ccccc1. The number of Topliss-reactive ketones (excluding diaryl/α,β-unsaturated/α-hetero) is 1. The van der Waals surface area contributed by atoms with Crippen LogP contribution in [0, 0.1) is 0 Å². The van der Waals surface area contributed by atoms with Crippen molar-refractivity contribution in [3.63, 3.8) is 0 Å². The van der Waals surface area contributed by atoms with Crippen LogP contribution in [0.5, 0.6) is 17.2 Å². The molecule has 7 heteroatoms. The first-order chi connectivity index (χ1) is 17.1. The fraction of sp³-hybridized carbons (Fsp3) is 0.143. The monoisotopic (exact) mass is 487 g/mol. The number of H-pyrrole nitrogens is 1. The van der Waals surface area contributed by atoms with Gasteiger partial charge in [0.1, 0.15) is 12.4 Å². The number of benzene rings is 3. The minimum atomic E-state index is -0.258. The summed E-state index contributed by atoms with van der Waals surface area (Å²) in [6.45, 7) is 2.82. The Kier molecular flexibility index (Phi) is 7.80. The second-order valence-corrected chi connectivity index (χ2v) is 8.66. The Labute approximate surface area is 206 Å². The van der Waals surface area contributed by atoms with Gasteiger partial charge in [0.2, 0.25) is 0 Å². The van der Waals surface area contributed by atoms with Gasteiger partial charge in [-0.25, -0.2) is 0 Å². The molecule has 0 atom stereocenters. The number of hydrogen-bond donors (Lipinski definition) is 1. The highest BCUT2D eigenvalue weighted by molar-refractivity contribution is 7.07. The number of hydrogen-bond acceptors (Lipinski definition) is 6. The second-order valence-electron chi connectivity index (χ2n) is 7.58. The van der Waals surface area contributed by atoms with E-state index in [1.807, 2.05) is 55.5 Å². The van der Waals surface area contributed by atoms with Crippen molar-refractivity contribution < 1.29 is 19.0 Å². The van der Waals surface area contributed by atoms with E-state index in [1.54, 1.807) is 37.5 Å². The molecule has 0 bridgehead atoms. The topological polar surface area (TPSA) is 77.6 Å². The third-order valence-corrected chi connectivity index (χ3v) is 6.08. The summed E-state index contributed by atoms with van der Waals surface area (Å²) in [6.07, 6.45) is 3.19. The van der Waals surface area contributed by atoms with Crippen molar-refractivity contribution in [1.82, 2.24) is 4.98 Å². The zero-order valence-corrected chi connectivity index (χ0v) is 20.3. The van der Waals surface area contributed by atoms with Gasteiger partial charge in [0.05, 0.1) is 22.9 Å². The van der Waals surface area contributed by atoms with E-state index >= 15 is 0 Å². The van der Waals surface area contributed by atoms with Crippen LogP contribution in [0.3, 0.4) is 0 Å². The summed E-state index contributed by atoms with van der Waals surface area (Å²) in [4.78, 5) is 27.8. The van der Waals surface area contributed by atoms with Crippen LogP contribution >= 0.6 is 11.3 Å². The molecule has 1 aromatic heterocycles. The number of rotatable bonds is 9. The lowest BCUT2D eigenvalue weighted by molar-refractivity contribution is 0.106. The molecule has 0 fully saturated rings. The average Bonchev–Trinajstić information content (AvgIpc) is 3.22. The smallest absolute Gasteiger partial charge is 0.266 e. The summed E-state index contributed by atoms with van der Waals surface area (Å²) in [5.41, 5.74) is 2.11. The number of nitrogens with one attached hydrogen (secondary N) is 1. The van der Waals surface area contributed by atoms with Crippen molar-refractivity contribution >= 4 is 29.3 Å². The highest BCUT2D eigenvalue weighted by Gasteiger charge is 2.08.